The molecule has 0 heterocycles. The van der Waals surface area contributed by atoms with Crippen LogP contribution in [0.4, 0.5) is 0 Å². The van der Waals surface area contributed by atoms with Gasteiger partial charge in [0.15, 0.2) is 6.10 Å². The van der Waals surface area contributed by atoms with Crippen LogP contribution in [0.15, 0.2) is 0 Å². The van der Waals surface area contributed by atoms with Gasteiger partial charge in [-0.15, -0.1) is 12.4 Å². The van der Waals surface area contributed by atoms with Crippen molar-refractivity contribution in [2.45, 2.75) is 19.1 Å². The molecule has 5 heteroatoms. The quantitative estimate of drug-likeness (QED) is 0.536. The van der Waals surface area contributed by atoms with Crippen LogP contribution in [0.3, 0.4) is 0 Å². The van der Waals surface area contributed by atoms with Gasteiger partial charge in [0, 0.05) is 6.04 Å². The summed E-state index contributed by atoms with van der Waals surface area (Å²) < 4.78 is 4.20. The van der Waals surface area contributed by atoms with Crippen LogP contribution in [0.5, 0.6) is 0 Å². The summed E-state index contributed by atoms with van der Waals surface area (Å²) in [4.78, 5) is 10.4. The molecule has 62 valence electrons. The third kappa shape index (κ3) is 3.66. The predicted molar refractivity (Wildman–Crippen MR) is 38.9 cm³/mol. The molecule has 0 fully saturated rings. The Kier molecular flexibility index (Phi) is 6.76. The molecule has 0 aliphatic carbocycles. The van der Waals surface area contributed by atoms with E-state index in [2.05, 4.69) is 4.74 Å². The third-order valence-electron chi connectivity index (χ3n) is 0.941. The topological polar surface area (TPSA) is 72.5 Å². The summed E-state index contributed by atoms with van der Waals surface area (Å²) in [6, 6.07) is -0.572. The zero-order chi connectivity index (χ0) is 7.44. The minimum atomic E-state index is -1.20. The Hall–Kier alpha value is -0.320. The van der Waals surface area contributed by atoms with E-state index < -0.39 is 18.1 Å². The van der Waals surface area contributed by atoms with E-state index in [1.807, 2.05) is 0 Å². The van der Waals surface area contributed by atoms with Gasteiger partial charge in [-0.1, -0.05) is 0 Å². The average Bonchev–Trinajstić information content (AvgIpc) is 1.84. The summed E-state index contributed by atoms with van der Waals surface area (Å²) in [5, 5.41) is 8.80. The van der Waals surface area contributed by atoms with E-state index in [9.17, 15) is 4.79 Å². The van der Waals surface area contributed by atoms with E-state index in [-0.39, 0.29) is 12.4 Å². The first-order chi connectivity index (χ1) is 4.09. The van der Waals surface area contributed by atoms with Crippen LogP contribution in [0.25, 0.3) is 0 Å². The second-order valence-electron chi connectivity index (χ2n) is 1.83. The molecule has 0 unspecified atom stereocenters. The maximum Gasteiger partial charge on any atom is 0.336 e. The largest absolute Gasteiger partial charge is 0.467 e. The summed E-state index contributed by atoms with van der Waals surface area (Å²) in [5.74, 6) is -0.690. The molecule has 0 aromatic carbocycles. The van der Waals surface area contributed by atoms with Gasteiger partial charge >= 0.3 is 5.97 Å². The number of ether oxygens (including phenoxy) is 1. The molecule has 0 radical (unpaired) electrons. The van der Waals surface area contributed by atoms with Gasteiger partial charge in [0.1, 0.15) is 0 Å². The summed E-state index contributed by atoms with van der Waals surface area (Å²) in [7, 11) is 1.20. The summed E-state index contributed by atoms with van der Waals surface area (Å²) >= 11 is 0. The smallest absolute Gasteiger partial charge is 0.336 e. The SMILES string of the molecule is COC(=O)[C@@H](O)[C@H](C)N.Cl. The highest BCUT2D eigenvalue weighted by Crippen LogP contribution is 1.90. The summed E-state index contributed by atoms with van der Waals surface area (Å²) in [6.07, 6.45) is -1.20. The van der Waals surface area contributed by atoms with Gasteiger partial charge in [-0.25, -0.2) is 4.79 Å². The number of rotatable bonds is 2. The maximum atomic E-state index is 10.4. The third-order valence-corrected chi connectivity index (χ3v) is 0.941. The molecule has 3 N–H and O–H groups in total. The van der Waals surface area contributed by atoms with E-state index in [0.717, 1.165) is 0 Å². The van der Waals surface area contributed by atoms with Crippen LogP contribution in [-0.4, -0.2) is 30.3 Å². The molecular weight excluding hydrogens is 158 g/mol. The second-order valence-corrected chi connectivity index (χ2v) is 1.83. The Morgan fingerprint density at radius 2 is 2.10 bits per heavy atom. The first-order valence-electron chi connectivity index (χ1n) is 2.61. The normalized spacial score (nSPS) is 14.8. The van der Waals surface area contributed by atoms with E-state index in [1.165, 1.54) is 14.0 Å². The van der Waals surface area contributed by atoms with Crippen molar-refractivity contribution in [1.82, 2.24) is 0 Å². The lowest BCUT2D eigenvalue weighted by Crippen LogP contribution is -2.38. The number of carbonyl (C=O) groups excluding carboxylic acids is 1. The minimum absolute atomic E-state index is 0. The van der Waals surface area contributed by atoms with Gasteiger partial charge in [0.25, 0.3) is 0 Å². The monoisotopic (exact) mass is 169 g/mol. The van der Waals surface area contributed by atoms with Gasteiger partial charge in [0.2, 0.25) is 0 Å². The number of nitrogens with two attached hydrogens (primary N) is 1. The first-order valence-corrected chi connectivity index (χ1v) is 2.61. The van der Waals surface area contributed by atoms with Gasteiger partial charge in [-0.05, 0) is 6.92 Å². The first kappa shape index (κ1) is 12.4. The van der Waals surface area contributed by atoms with Crippen molar-refractivity contribution in [2.75, 3.05) is 7.11 Å². The molecule has 10 heavy (non-hydrogen) atoms. The standard InChI is InChI=1S/C5H11NO3.ClH/c1-3(6)4(7)5(8)9-2;/h3-4,7H,6H2,1-2H3;1H/t3-,4-;/m0./s1. The van der Waals surface area contributed by atoms with Gasteiger partial charge in [0.05, 0.1) is 7.11 Å². The number of aliphatic hydroxyl groups is 1. The van der Waals surface area contributed by atoms with E-state index in [4.69, 9.17) is 10.8 Å². The maximum absolute atomic E-state index is 10.4. The molecule has 0 aromatic rings. The lowest BCUT2D eigenvalue weighted by molar-refractivity contribution is -0.151. The van der Waals surface area contributed by atoms with Crippen LogP contribution in [-0.2, 0) is 9.53 Å². The molecule has 0 saturated heterocycles. The molecule has 0 aromatic heterocycles. The van der Waals surface area contributed by atoms with E-state index in [0.29, 0.717) is 0 Å². The van der Waals surface area contributed by atoms with E-state index in [1.54, 1.807) is 0 Å². The van der Waals surface area contributed by atoms with Gasteiger partial charge < -0.3 is 15.6 Å². The molecule has 0 rings (SSSR count). The Morgan fingerprint density at radius 1 is 1.70 bits per heavy atom. The Labute approximate surface area is 65.8 Å². The highest BCUT2D eigenvalue weighted by molar-refractivity contribution is 5.85. The Bertz CT molecular complexity index is 107. The molecule has 4 nitrogen and oxygen atoms in total. The zero-order valence-corrected chi connectivity index (χ0v) is 6.72. The van der Waals surface area contributed by atoms with Crippen molar-refractivity contribution in [2.24, 2.45) is 5.73 Å². The molecule has 0 saturated carbocycles. The van der Waals surface area contributed by atoms with Crippen molar-refractivity contribution in [1.29, 1.82) is 0 Å². The highest BCUT2D eigenvalue weighted by atomic mass is 35.5. The fraction of sp³-hybridized carbons (Fsp3) is 0.800. The van der Waals surface area contributed by atoms with Crippen LogP contribution in [0, 0.1) is 0 Å². The molecule has 0 amide bonds. The number of esters is 1. The number of carbonyl (C=O) groups is 1. The number of hydrogen-bond donors (Lipinski definition) is 2. The lowest BCUT2D eigenvalue weighted by atomic mass is 10.2. The Balaban J connectivity index is 0. The molecule has 2 atom stereocenters. The molecule has 0 aliphatic rings. The average molecular weight is 170 g/mol. The summed E-state index contributed by atoms with van der Waals surface area (Å²) in [6.45, 7) is 1.53. The number of hydrogen-bond acceptors (Lipinski definition) is 4. The summed E-state index contributed by atoms with van der Waals surface area (Å²) in [5.41, 5.74) is 5.16. The van der Waals surface area contributed by atoms with E-state index >= 15 is 0 Å². The minimum Gasteiger partial charge on any atom is -0.467 e. The van der Waals surface area contributed by atoms with Crippen LogP contribution in [0.2, 0.25) is 0 Å². The van der Waals surface area contributed by atoms with Crippen molar-refractivity contribution in [3.63, 3.8) is 0 Å². The van der Waals surface area contributed by atoms with Gasteiger partial charge in [-0.3, -0.25) is 0 Å². The van der Waals surface area contributed by atoms with Gasteiger partial charge in [-0.2, -0.15) is 0 Å². The van der Waals surface area contributed by atoms with Crippen molar-refractivity contribution < 1.29 is 14.6 Å². The fourth-order valence-corrected chi connectivity index (χ4v) is 0.335. The van der Waals surface area contributed by atoms with Crippen LogP contribution >= 0.6 is 12.4 Å². The molecule has 0 aliphatic heterocycles. The van der Waals surface area contributed by atoms with Crippen LogP contribution < -0.4 is 5.73 Å². The molecule has 0 spiro atoms. The number of methoxy groups -OCH3 is 1. The molecular formula is C5H12ClNO3. The van der Waals surface area contributed by atoms with Crippen molar-refractivity contribution in [3.8, 4) is 0 Å². The highest BCUT2D eigenvalue weighted by Gasteiger charge is 2.18. The zero-order valence-electron chi connectivity index (χ0n) is 5.90. The number of halogens is 1. The molecule has 0 bridgehead atoms. The number of aliphatic hydroxyl groups excluding tert-OH is 1. The van der Waals surface area contributed by atoms with Crippen molar-refractivity contribution >= 4 is 18.4 Å². The van der Waals surface area contributed by atoms with Crippen LogP contribution in [0.1, 0.15) is 6.92 Å². The second kappa shape index (κ2) is 5.46. The predicted octanol–water partition coefficient (Wildman–Crippen LogP) is -0.711. The Morgan fingerprint density at radius 3 is 2.20 bits per heavy atom. The van der Waals surface area contributed by atoms with Crippen molar-refractivity contribution in [3.05, 3.63) is 0 Å². The fourth-order valence-electron chi connectivity index (χ4n) is 0.335. The lowest BCUT2D eigenvalue weighted by Gasteiger charge is -2.10.